The molecular formula is C12H24O. The zero-order chi connectivity index (χ0) is 10.1. The SMILES string of the molecule is CC[C@]1(C)CC[C@@H](O)C[C@H]1C(C)C. The zero-order valence-corrected chi connectivity index (χ0v) is 9.51. The second-order valence-corrected chi connectivity index (χ2v) is 5.29. The third kappa shape index (κ3) is 2.25. The molecule has 0 saturated heterocycles. The van der Waals surface area contributed by atoms with E-state index in [9.17, 15) is 5.11 Å². The lowest BCUT2D eigenvalue weighted by molar-refractivity contribution is -0.00547. The molecule has 1 aliphatic carbocycles. The molecule has 3 atom stereocenters. The van der Waals surface area contributed by atoms with Crippen molar-refractivity contribution in [3.63, 3.8) is 0 Å². The molecule has 1 N–H and O–H groups in total. The molecule has 0 aromatic rings. The van der Waals surface area contributed by atoms with Crippen molar-refractivity contribution in [1.29, 1.82) is 0 Å². The Balaban J connectivity index is 2.72. The Labute approximate surface area is 82.5 Å². The van der Waals surface area contributed by atoms with Gasteiger partial charge < -0.3 is 5.11 Å². The first-order valence-corrected chi connectivity index (χ1v) is 5.67. The fourth-order valence-corrected chi connectivity index (χ4v) is 2.89. The molecule has 0 radical (unpaired) electrons. The fraction of sp³-hybridized carbons (Fsp3) is 1.00. The van der Waals surface area contributed by atoms with Crippen LogP contribution in [0.1, 0.15) is 53.4 Å². The van der Waals surface area contributed by atoms with Gasteiger partial charge in [-0.15, -0.1) is 0 Å². The second-order valence-electron chi connectivity index (χ2n) is 5.29. The molecule has 1 aliphatic rings. The van der Waals surface area contributed by atoms with Crippen LogP contribution in [0.5, 0.6) is 0 Å². The molecule has 0 unspecified atom stereocenters. The van der Waals surface area contributed by atoms with E-state index in [2.05, 4.69) is 27.7 Å². The molecule has 1 heteroatoms. The van der Waals surface area contributed by atoms with Crippen molar-refractivity contribution in [2.75, 3.05) is 0 Å². The number of hydrogen-bond donors (Lipinski definition) is 1. The molecule has 0 aromatic heterocycles. The van der Waals surface area contributed by atoms with E-state index in [0.29, 0.717) is 17.3 Å². The van der Waals surface area contributed by atoms with E-state index in [0.717, 1.165) is 12.8 Å². The van der Waals surface area contributed by atoms with Crippen molar-refractivity contribution in [2.24, 2.45) is 17.3 Å². The van der Waals surface area contributed by atoms with Crippen LogP contribution in [0.25, 0.3) is 0 Å². The highest BCUT2D eigenvalue weighted by Gasteiger charge is 2.39. The maximum Gasteiger partial charge on any atom is 0.0543 e. The Morgan fingerprint density at radius 2 is 2.08 bits per heavy atom. The lowest BCUT2D eigenvalue weighted by atomic mass is 9.61. The van der Waals surface area contributed by atoms with Gasteiger partial charge in [-0.2, -0.15) is 0 Å². The topological polar surface area (TPSA) is 20.2 Å². The van der Waals surface area contributed by atoms with Gasteiger partial charge in [-0.3, -0.25) is 0 Å². The molecule has 0 aliphatic heterocycles. The van der Waals surface area contributed by atoms with Gasteiger partial charge >= 0.3 is 0 Å². The van der Waals surface area contributed by atoms with Crippen LogP contribution in [-0.4, -0.2) is 11.2 Å². The normalized spacial score (nSPS) is 41.1. The lowest BCUT2D eigenvalue weighted by Crippen LogP contribution is -2.38. The molecule has 78 valence electrons. The molecule has 0 amide bonds. The van der Waals surface area contributed by atoms with Crippen LogP contribution in [0.2, 0.25) is 0 Å². The Hall–Kier alpha value is -0.0400. The predicted molar refractivity (Wildman–Crippen MR) is 56.6 cm³/mol. The smallest absolute Gasteiger partial charge is 0.0543 e. The number of aliphatic hydroxyl groups excluding tert-OH is 1. The van der Waals surface area contributed by atoms with Crippen LogP contribution >= 0.6 is 0 Å². The summed E-state index contributed by atoms with van der Waals surface area (Å²) in [4.78, 5) is 0. The van der Waals surface area contributed by atoms with Gasteiger partial charge in [0.25, 0.3) is 0 Å². The van der Waals surface area contributed by atoms with Crippen LogP contribution in [-0.2, 0) is 0 Å². The molecule has 13 heavy (non-hydrogen) atoms. The van der Waals surface area contributed by atoms with Gasteiger partial charge in [-0.25, -0.2) is 0 Å². The molecular weight excluding hydrogens is 160 g/mol. The van der Waals surface area contributed by atoms with Crippen LogP contribution < -0.4 is 0 Å². The highest BCUT2D eigenvalue weighted by atomic mass is 16.3. The summed E-state index contributed by atoms with van der Waals surface area (Å²) < 4.78 is 0. The van der Waals surface area contributed by atoms with Crippen molar-refractivity contribution in [1.82, 2.24) is 0 Å². The van der Waals surface area contributed by atoms with Crippen molar-refractivity contribution >= 4 is 0 Å². The summed E-state index contributed by atoms with van der Waals surface area (Å²) in [6.07, 6.45) is 4.44. The van der Waals surface area contributed by atoms with Gasteiger partial charge in [0.05, 0.1) is 6.10 Å². The number of aliphatic hydroxyl groups is 1. The van der Waals surface area contributed by atoms with E-state index in [1.165, 1.54) is 12.8 Å². The van der Waals surface area contributed by atoms with E-state index >= 15 is 0 Å². The summed E-state index contributed by atoms with van der Waals surface area (Å²) in [6, 6.07) is 0. The van der Waals surface area contributed by atoms with Gasteiger partial charge in [0.1, 0.15) is 0 Å². The van der Waals surface area contributed by atoms with Crippen LogP contribution in [0, 0.1) is 17.3 Å². The van der Waals surface area contributed by atoms with Crippen molar-refractivity contribution < 1.29 is 5.11 Å². The van der Waals surface area contributed by atoms with Crippen LogP contribution in [0.15, 0.2) is 0 Å². The van der Waals surface area contributed by atoms with E-state index in [1.807, 2.05) is 0 Å². The first-order valence-electron chi connectivity index (χ1n) is 5.67. The minimum atomic E-state index is -0.0352. The Bertz CT molecular complexity index is 165. The maximum absolute atomic E-state index is 9.66. The fourth-order valence-electron chi connectivity index (χ4n) is 2.89. The molecule has 0 spiro atoms. The van der Waals surface area contributed by atoms with Crippen molar-refractivity contribution in [2.45, 2.75) is 59.5 Å². The summed E-state index contributed by atoms with van der Waals surface area (Å²) in [5, 5.41) is 9.66. The van der Waals surface area contributed by atoms with Crippen LogP contribution in [0.3, 0.4) is 0 Å². The van der Waals surface area contributed by atoms with Crippen LogP contribution in [0.4, 0.5) is 0 Å². The third-order valence-corrected chi connectivity index (χ3v) is 4.08. The molecule has 1 saturated carbocycles. The third-order valence-electron chi connectivity index (χ3n) is 4.08. The molecule has 1 rings (SSSR count). The van der Waals surface area contributed by atoms with E-state index in [-0.39, 0.29) is 6.10 Å². The van der Waals surface area contributed by atoms with Gasteiger partial charge in [0, 0.05) is 0 Å². The number of hydrogen-bond acceptors (Lipinski definition) is 1. The number of rotatable bonds is 2. The highest BCUT2D eigenvalue weighted by molar-refractivity contribution is 4.89. The standard InChI is InChI=1S/C12H24O/c1-5-12(4)7-6-10(13)8-11(12)9(2)3/h9-11,13H,5-8H2,1-4H3/t10-,11+,12-/m1/s1. The Morgan fingerprint density at radius 3 is 2.54 bits per heavy atom. The van der Waals surface area contributed by atoms with Gasteiger partial charge in [-0.1, -0.05) is 34.1 Å². The minimum Gasteiger partial charge on any atom is -0.393 e. The summed E-state index contributed by atoms with van der Waals surface area (Å²) in [5.74, 6) is 1.42. The van der Waals surface area contributed by atoms with Gasteiger partial charge in [0.15, 0.2) is 0 Å². The lowest BCUT2D eigenvalue weighted by Gasteiger charge is -2.45. The predicted octanol–water partition coefficient (Wildman–Crippen LogP) is 3.22. The highest BCUT2D eigenvalue weighted by Crippen LogP contribution is 2.46. The first kappa shape index (κ1) is 11.0. The summed E-state index contributed by atoms with van der Waals surface area (Å²) in [7, 11) is 0. The average molecular weight is 184 g/mol. The minimum absolute atomic E-state index is 0.0352. The van der Waals surface area contributed by atoms with Crippen molar-refractivity contribution in [3.05, 3.63) is 0 Å². The zero-order valence-electron chi connectivity index (χ0n) is 9.51. The van der Waals surface area contributed by atoms with Gasteiger partial charge in [-0.05, 0) is 36.5 Å². The van der Waals surface area contributed by atoms with E-state index < -0.39 is 0 Å². The van der Waals surface area contributed by atoms with E-state index in [4.69, 9.17) is 0 Å². The molecule has 0 aromatic carbocycles. The first-order chi connectivity index (χ1) is 5.99. The summed E-state index contributed by atoms with van der Waals surface area (Å²) >= 11 is 0. The Kier molecular flexibility index (Phi) is 3.39. The molecule has 0 heterocycles. The largest absolute Gasteiger partial charge is 0.393 e. The summed E-state index contributed by atoms with van der Waals surface area (Å²) in [5.41, 5.74) is 0.480. The second kappa shape index (κ2) is 4.00. The van der Waals surface area contributed by atoms with E-state index in [1.54, 1.807) is 0 Å². The summed E-state index contributed by atoms with van der Waals surface area (Å²) in [6.45, 7) is 9.25. The van der Waals surface area contributed by atoms with Crippen molar-refractivity contribution in [3.8, 4) is 0 Å². The van der Waals surface area contributed by atoms with Gasteiger partial charge in [0.2, 0.25) is 0 Å². The monoisotopic (exact) mass is 184 g/mol. The Morgan fingerprint density at radius 1 is 1.46 bits per heavy atom. The molecule has 1 nitrogen and oxygen atoms in total. The molecule has 0 bridgehead atoms. The average Bonchev–Trinajstić information content (AvgIpc) is 2.09. The quantitative estimate of drug-likeness (QED) is 0.698. The molecule has 1 fully saturated rings. The maximum atomic E-state index is 9.66.